The Morgan fingerprint density at radius 2 is 1.96 bits per heavy atom. The van der Waals surface area contributed by atoms with Gasteiger partial charge in [-0.1, -0.05) is 31.0 Å². The fourth-order valence-electron chi connectivity index (χ4n) is 3.42. The molecule has 1 aliphatic rings. The molecule has 120 valence electrons. The lowest BCUT2D eigenvalue weighted by Gasteiger charge is -2.30. The first kappa shape index (κ1) is 15.5. The third-order valence-electron chi connectivity index (χ3n) is 4.63. The van der Waals surface area contributed by atoms with E-state index >= 15 is 0 Å². The lowest BCUT2D eigenvalue weighted by atomic mass is 9.78. The topological polar surface area (TPSA) is 62.0 Å². The average molecular weight is 314 g/mol. The molecule has 23 heavy (non-hydrogen) atoms. The van der Waals surface area contributed by atoms with Crippen LogP contribution in [0, 0.1) is 5.82 Å². The van der Waals surface area contributed by atoms with Gasteiger partial charge in [0.15, 0.2) is 0 Å². The van der Waals surface area contributed by atoms with Crippen LogP contribution in [-0.4, -0.2) is 17.4 Å². The Balaban J connectivity index is 1.80. The van der Waals surface area contributed by atoms with Crippen LogP contribution in [0.2, 0.25) is 0 Å². The molecule has 1 aromatic carbocycles. The number of benzene rings is 1. The van der Waals surface area contributed by atoms with Gasteiger partial charge in [-0.15, -0.1) is 0 Å². The second kappa shape index (κ2) is 6.36. The molecular weight excluding hydrogens is 295 g/mol. The molecule has 1 saturated carbocycles. The summed E-state index contributed by atoms with van der Waals surface area (Å²) in [7, 11) is 0. The predicted molar refractivity (Wildman–Crippen MR) is 85.9 cm³/mol. The Hall–Kier alpha value is -2.43. The summed E-state index contributed by atoms with van der Waals surface area (Å²) in [5, 5.41) is 2.88. The number of hydrogen-bond donors (Lipinski definition) is 2. The van der Waals surface area contributed by atoms with Gasteiger partial charge in [0.25, 0.3) is 5.91 Å². The van der Waals surface area contributed by atoms with Crippen molar-refractivity contribution in [2.45, 2.75) is 31.1 Å². The molecule has 0 atom stereocenters. The number of carbonyl (C=O) groups excluding carboxylic acids is 1. The van der Waals surface area contributed by atoms with Crippen molar-refractivity contribution in [2.24, 2.45) is 0 Å². The summed E-state index contributed by atoms with van der Waals surface area (Å²) in [6, 6.07) is 9.60. The van der Waals surface area contributed by atoms with Crippen LogP contribution in [0.1, 0.15) is 41.6 Å². The maximum absolute atomic E-state index is 14.2. The summed E-state index contributed by atoms with van der Waals surface area (Å²) in [5.74, 6) is -0.529. The Bertz CT molecular complexity index is 763. The lowest BCUT2D eigenvalue weighted by molar-refractivity contribution is 0.0942. The fraction of sp³-hybridized carbons (Fsp3) is 0.333. The van der Waals surface area contributed by atoms with Crippen molar-refractivity contribution in [3.8, 4) is 0 Å². The molecule has 1 aliphatic carbocycles. The van der Waals surface area contributed by atoms with Gasteiger partial charge in [-0.25, -0.2) is 4.39 Å². The summed E-state index contributed by atoms with van der Waals surface area (Å²) in [6.07, 6.45) is 5.19. The van der Waals surface area contributed by atoms with Crippen LogP contribution in [0.3, 0.4) is 0 Å². The van der Waals surface area contributed by atoms with Crippen molar-refractivity contribution in [3.05, 3.63) is 69.9 Å². The van der Waals surface area contributed by atoms with Crippen molar-refractivity contribution in [1.29, 1.82) is 0 Å². The van der Waals surface area contributed by atoms with Crippen molar-refractivity contribution >= 4 is 5.91 Å². The first-order valence-electron chi connectivity index (χ1n) is 7.83. The van der Waals surface area contributed by atoms with Gasteiger partial charge in [0.05, 0.1) is 0 Å². The minimum absolute atomic E-state index is 0.222. The second-order valence-corrected chi connectivity index (χ2v) is 6.09. The molecule has 3 rings (SSSR count). The molecule has 1 heterocycles. The maximum atomic E-state index is 14.2. The zero-order chi connectivity index (χ0) is 16.3. The summed E-state index contributed by atoms with van der Waals surface area (Å²) in [5.41, 5.74) is 0.309. The average Bonchev–Trinajstić information content (AvgIpc) is 3.03. The Kier molecular flexibility index (Phi) is 4.28. The maximum Gasteiger partial charge on any atom is 0.251 e. The highest BCUT2D eigenvalue weighted by Crippen LogP contribution is 2.41. The number of nitrogens with one attached hydrogen (secondary N) is 2. The van der Waals surface area contributed by atoms with E-state index < -0.39 is 0 Å². The molecule has 1 aromatic heterocycles. The van der Waals surface area contributed by atoms with Crippen LogP contribution in [0.15, 0.2) is 47.4 Å². The van der Waals surface area contributed by atoms with Gasteiger partial charge < -0.3 is 10.3 Å². The number of pyridine rings is 1. The van der Waals surface area contributed by atoms with E-state index in [1.54, 1.807) is 18.2 Å². The monoisotopic (exact) mass is 314 g/mol. The Morgan fingerprint density at radius 3 is 2.65 bits per heavy atom. The molecule has 1 fully saturated rings. The van der Waals surface area contributed by atoms with E-state index in [0.29, 0.717) is 17.7 Å². The van der Waals surface area contributed by atoms with E-state index in [9.17, 15) is 14.0 Å². The first-order valence-corrected chi connectivity index (χ1v) is 7.83. The SMILES string of the molecule is O=C(NCC1(c2ccccc2F)CCCC1)c1cc[nH]c(=O)c1. The van der Waals surface area contributed by atoms with Crippen LogP contribution >= 0.6 is 0 Å². The van der Waals surface area contributed by atoms with Crippen molar-refractivity contribution in [1.82, 2.24) is 10.3 Å². The summed E-state index contributed by atoms with van der Waals surface area (Å²) in [4.78, 5) is 26.0. The molecule has 1 amide bonds. The van der Waals surface area contributed by atoms with E-state index in [1.165, 1.54) is 18.3 Å². The standard InChI is InChI=1S/C18H19FN2O2/c19-15-6-2-1-5-14(15)18(8-3-4-9-18)12-21-17(23)13-7-10-20-16(22)11-13/h1-2,5-7,10-11H,3-4,8-9,12H2,(H,20,22)(H,21,23). The minimum atomic E-state index is -0.359. The van der Waals surface area contributed by atoms with Crippen molar-refractivity contribution in [3.63, 3.8) is 0 Å². The van der Waals surface area contributed by atoms with Gasteiger partial charge in [0, 0.05) is 29.8 Å². The van der Waals surface area contributed by atoms with Gasteiger partial charge in [-0.3, -0.25) is 9.59 Å². The van der Waals surface area contributed by atoms with E-state index in [0.717, 1.165) is 25.7 Å². The summed E-state index contributed by atoms with van der Waals surface area (Å²) in [6.45, 7) is 0.375. The number of aromatic nitrogens is 1. The minimum Gasteiger partial charge on any atom is -0.351 e. The number of hydrogen-bond acceptors (Lipinski definition) is 2. The normalized spacial score (nSPS) is 16.2. The number of H-pyrrole nitrogens is 1. The van der Waals surface area contributed by atoms with Crippen LogP contribution in [0.5, 0.6) is 0 Å². The van der Waals surface area contributed by atoms with Crippen LogP contribution in [-0.2, 0) is 5.41 Å². The number of rotatable bonds is 4. The van der Waals surface area contributed by atoms with E-state index in [1.807, 2.05) is 6.07 Å². The third kappa shape index (κ3) is 3.18. The molecule has 4 nitrogen and oxygen atoms in total. The first-order chi connectivity index (χ1) is 11.1. The Labute approximate surface area is 133 Å². The molecule has 0 aliphatic heterocycles. The number of halogens is 1. The molecule has 0 saturated heterocycles. The number of aromatic amines is 1. The molecule has 0 spiro atoms. The van der Waals surface area contributed by atoms with Crippen molar-refractivity contribution in [2.75, 3.05) is 6.54 Å². The van der Waals surface area contributed by atoms with Gasteiger partial charge in [0.2, 0.25) is 5.56 Å². The van der Waals surface area contributed by atoms with Gasteiger partial charge >= 0.3 is 0 Å². The zero-order valence-corrected chi connectivity index (χ0v) is 12.8. The largest absolute Gasteiger partial charge is 0.351 e. The predicted octanol–water partition coefficient (Wildman–Crippen LogP) is 2.76. The van der Waals surface area contributed by atoms with Crippen LogP contribution in [0.4, 0.5) is 4.39 Å². The zero-order valence-electron chi connectivity index (χ0n) is 12.8. The Morgan fingerprint density at radius 1 is 1.22 bits per heavy atom. The number of amides is 1. The highest BCUT2D eigenvalue weighted by atomic mass is 19.1. The van der Waals surface area contributed by atoms with Crippen LogP contribution < -0.4 is 10.9 Å². The fourth-order valence-corrected chi connectivity index (χ4v) is 3.42. The second-order valence-electron chi connectivity index (χ2n) is 6.09. The number of carbonyl (C=O) groups is 1. The molecular formula is C18H19FN2O2. The molecule has 5 heteroatoms. The van der Waals surface area contributed by atoms with E-state index in [2.05, 4.69) is 10.3 Å². The molecule has 0 bridgehead atoms. The molecule has 2 N–H and O–H groups in total. The van der Waals surface area contributed by atoms with Gasteiger partial charge in [0.1, 0.15) is 5.82 Å². The summed E-state index contributed by atoms with van der Waals surface area (Å²) < 4.78 is 14.2. The van der Waals surface area contributed by atoms with E-state index in [4.69, 9.17) is 0 Å². The van der Waals surface area contributed by atoms with Crippen molar-refractivity contribution < 1.29 is 9.18 Å². The van der Waals surface area contributed by atoms with E-state index in [-0.39, 0.29) is 22.7 Å². The van der Waals surface area contributed by atoms with Gasteiger partial charge in [-0.2, -0.15) is 0 Å². The molecule has 0 unspecified atom stereocenters. The quantitative estimate of drug-likeness (QED) is 0.911. The highest BCUT2D eigenvalue weighted by molar-refractivity contribution is 5.94. The molecule has 2 aromatic rings. The third-order valence-corrected chi connectivity index (χ3v) is 4.63. The lowest BCUT2D eigenvalue weighted by Crippen LogP contribution is -2.39. The molecule has 0 radical (unpaired) electrons. The van der Waals surface area contributed by atoms with Gasteiger partial charge in [-0.05, 0) is 30.5 Å². The van der Waals surface area contributed by atoms with Crippen LogP contribution in [0.25, 0.3) is 0 Å². The highest BCUT2D eigenvalue weighted by Gasteiger charge is 2.37. The summed E-state index contributed by atoms with van der Waals surface area (Å²) >= 11 is 0. The smallest absolute Gasteiger partial charge is 0.251 e.